The molecule has 88 valence electrons. The largest absolute Gasteiger partial charge is 0.381 e. The van der Waals surface area contributed by atoms with Crippen LogP contribution >= 0.6 is 0 Å². The van der Waals surface area contributed by atoms with Gasteiger partial charge in [-0.2, -0.15) is 0 Å². The first-order valence-electron chi connectivity index (χ1n) is 5.69. The molecule has 0 heterocycles. The van der Waals surface area contributed by atoms with Crippen LogP contribution in [0, 0.1) is 0 Å². The number of hydrogen-bond donors (Lipinski definition) is 3. The quantitative estimate of drug-likeness (QED) is 0.350. The van der Waals surface area contributed by atoms with E-state index in [2.05, 4.69) is 23.8 Å². The Hall–Kier alpha value is -0.420. The van der Waals surface area contributed by atoms with Crippen molar-refractivity contribution < 1.29 is 9.94 Å². The molecule has 1 aliphatic rings. The summed E-state index contributed by atoms with van der Waals surface area (Å²) in [5, 5.41) is 11.8. The number of hydroxylamine groups is 1. The molecule has 2 unspecified atom stereocenters. The van der Waals surface area contributed by atoms with Crippen molar-refractivity contribution in [3.63, 3.8) is 0 Å². The van der Waals surface area contributed by atoms with Crippen molar-refractivity contribution in [2.45, 2.75) is 45.3 Å². The molecule has 0 aromatic carbocycles. The second-order valence-corrected chi connectivity index (χ2v) is 3.87. The van der Waals surface area contributed by atoms with Gasteiger partial charge in [0.05, 0.1) is 12.8 Å². The SMILES string of the molecule is CCNOC(C)C1=CCC(NCO)CC1. The topological polar surface area (TPSA) is 53.5 Å². The lowest BCUT2D eigenvalue weighted by Crippen LogP contribution is -2.33. The number of hydrogen-bond acceptors (Lipinski definition) is 4. The fraction of sp³-hybridized carbons (Fsp3) is 0.818. The molecule has 1 rings (SSSR count). The van der Waals surface area contributed by atoms with E-state index < -0.39 is 0 Å². The van der Waals surface area contributed by atoms with Gasteiger partial charge in [0.1, 0.15) is 0 Å². The normalized spacial score (nSPS) is 23.7. The van der Waals surface area contributed by atoms with Crippen molar-refractivity contribution in [2.24, 2.45) is 0 Å². The number of aliphatic hydroxyl groups excluding tert-OH is 1. The number of rotatable bonds is 6. The Morgan fingerprint density at radius 1 is 1.67 bits per heavy atom. The highest BCUT2D eigenvalue weighted by Crippen LogP contribution is 2.21. The maximum absolute atomic E-state index is 8.74. The summed E-state index contributed by atoms with van der Waals surface area (Å²) in [6, 6.07) is 0.421. The van der Waals surface area contributed by atoms with Gasteiger partial charge >= 0.3 is 0 Å². The average molecular weight is 214 g/mol. The second-order valence-electron chi connectivity index (χ2n) is 3.87. The molecule has 1 aliphatic carbocycles. The highest BCUT2D eigenvalue weighted by Gasteiger charge is 2.17. The van der Waals surface area contributed by atoms with Gasteiger partial charge in [0.2, 0.25) is 0 Å². The lowest BCUT2D eigenvalue weighted by atomic mass is 9.92. The van der Waals surface area contributed by atoms with Crippen LogP contribution in [0.3, 0.4) is 0 Å². The third-order valence-corrected chi connectivity index (χ3v) is 2.75. The van der Waals surface area contributed by atoms with Crippen LogP contribution in [0.25, 0.3) is 0 Å². The van der Waals surface area contributed by atoms with Crippen molar-refractivity contribution in [2.75, 3.05) is 13.3 Å². The van der Waals surface area contributed by atoms with Crippen LogP contribution in [-0.4, -0.2) is 30.5 Å². The molecule has 3 N–H and O–H groups in total. The molecule has 0 aromatic heterocycles. The van der Waals surface area contributed by atoms with Crippen LogP contribution in [0.1, 0.15) is 33.1 Å². The molecule has 0 bridgehead atoms. The molecule has 4 nitrogen and oxygen atoms in total. The predicted molar refractivity (Wildman–Crippen MR) is 60.2 cm³/mol. The Labute approximate surface area is 91.7 Å². The highest BCUT2D eigenvalue weighted by atomic mass is 16.7. The third kappa shape index (κ3) is 4.30. The summed E-state index contributed by atoms with van der Waals surface area (Å²) in [5.74, 6) is 0. The Balaban J connectivity index is 2.32. The van der Waals surface area contributed by atoms with Gasteiger partial charge in [-0.05, 0) is 31.8 Å². The Bertz CT molecular complexity index is 207. The maximum Gasteiger partial charge on any atom is 0.0972 e. The second kappa shape index (κ2) is 6.95. The molecule has 0 aliphatic heterocycles. The summed E-state index contributed by atoms with van der Waals surface area (Å²) in [5.41, 5.74) is 4.24. The minimum atomic E-state index is 0.0667. The van der Waals surface area contributed by atoms with Crippen LogP contribution in [0.4, 0.5) is 0 Å². The molecule has 0 saturated carbocycles. The first-order chi connectivity index (χ1) is 7.27. The summed E-state index contributed by atoms with van der Waals surface area (Å²) < 4.78 is 0. The molecular weight excluding hydrogens is 192 g/mol. The average Bonchev–Trinajstić information content (AvgIpc) is 2.27. The van der Waals surface area contributed by atoms with Gasteiger partial charge < -0.3 is 5.11 Å². The fourth-order valence-electron chi connectivity index (χ4n) is 1.82. The summed E-state index contributed by atoms with van der Waals surface area (Å²) in [6.07, 6.45) is 5.48. The van der Waals surface area contributed by atoms with Crippen LogP contribution in [0.15, 0.2) is 11.6 Å². The lowest BCUT2D eigenvalue weighted by molar-refractivity contribution is 0.00463. The number of aliphatic hydroxyl groups is 1. The molecular formula is C11H22N2O2. The van der Waals surface area contributed by atoms with Gasteiger partial charge in [-0.25, -0.2) is 5.48 Å². The van der Waals surface area contributed by atoms with Crippen LogP contribution < -0.4 is 10.8 Å². The van der Waals surface area contributed by atoms with E-state index in [9.17, 15) is 0 Å². The summed E-state index contributed by atoms with van der Waals surface area (Å²) in [7, 11) is 0. The molecule has 0 spiro atoms. The molecule has 15 heavy (non-hydrogen) atoms. The lowest BCUT2D eigenvalue weighted by Gasteiger charge is -2.25. The minimum Gasteiger partial charge on any atom is -0.381 e. The summed E-state index contributed by atoms with van der Waals surface area (Å²) in [4.78, 5) is 5.44. The van der Waals surface area contributed by atoms with Crippen LogP contribution in [-0.2, 0) is 4.84 Å². The molecule has 0 fully saturated rings. The molecule has 2 atom stereocenters. The van der Waals surface area contributed by atoms with E-state index in [0.717, 1.165) is 25.8 Å². The van der Waals surface area contributed by atoms with Gasteiger partial charge in [0, 0.05) is 12.6 Å². The van der Waals surface area contributed by atoms with E-state index in [4.69, 9.17) is 9.94 Å². The van der Waals surface area contributed by atoms with Crippen molar-refractivity contribution in [1.29, 1.82) is 0 Å². The van der Waals surface area contributed by atoms with Crippen molar-refractivity contribution in [3.05, 3.63) is 11.6 Å². The van der Waals surface area contributed by atoms with E-state index in [1.807, 2.05) is 6.92 Å². The first-order valence-corrected chi connectivity index (χ1v) is 5.69. The van der Waals surface area contributed by atoms with E-state index in [0.29, 0.717) is 6.04 Å². The Kier molecular flexibility index (Phi) is 5.86. The van der Waals surface area contributed by atoms with Gasteiger partial charge in [-0.3, -0.25) is 10.2 Å². The van der Waals surface area contributed by atoms with Crippen molar-refractivity contribution in [1.82, 2.24) is 10.8 Å². The van der Waals surface area contributed by atoms with Crippen LogP contribution in [0.5, 0.6) is 0 Å². The smallest absolute Gasteiger partial charge is 0.0972 e. The van der Waals surface area contributed by atoms with Gasteiger partial charge in [-0.1, -0.05) is 13.0 Å². The minimum absolute atomic E-state index is 0.0667. The zero-order chi connectivity index (χ0) is 11.1. The van der Waals surface area contributed by atoms with E-state index >= 15 is 0 Å². The Morgan fingerprint density at radius 2 is 2.47 bits per heavy atom. The van der Waals surface area contributed by atoms with E-state index in [1.165, 1.54) is 5.57 Å². The van der Waals surface area contributed by atoms with Gasteiger partial charge in [-0.15, -0.1) is 0 Å². The zero-order valence-electron chi connectivity index (χ0n) is 9.62. The summed E-state index contributed by atoms with van der Waals surface area (Å²) >= 11 is 0. The highest BCUT2D eigenvalue weighted by molar-refractivity contribution is 5.12. The van der Waals surface area contributed by atoms with Crippen LogP contribution in [0.2, 0.25) is 0 Å². The molecule has 4 heteroatoms. The Morgan fingerprint density at radius 3 is 3.00 bits per heavy atom. The van der Waals surface area contributed by atoms with Crippen molar-refractivity contribution in [3.8, 4) is 0 Å². The first kappa shape index (κ1) is 12.6. The molecule has 0 saturated heterocycles. The van der Waals surface area contributed by atoms with Crippen molar-refractivity contribution >= 4 is 0 Å². The molecule has 0 radical (unpaired) electrons. The molecule has 0 amide bonds. The van der Waals surface area contributed by atoms with E-state index in [-0.39, 0.29) is 12.8 Å². The predicted octanol–water partition coefficient (Wildman–Crippen LogP) is 0.934. The summed E-state index contributed by atoms with van der Waals surface area (Å²) in [6.45, 7) is 4.97. The van der Waals surface area contributed by atoms with E-state index in [1.54, 1.807) is 0 Å². The number of nitrogens with one attached hydrogen (secondary N) is 2. The fourth-order valence-corrected chi connectivity index (χ4v) is 1.82. The maximum atomic E-state index is 8.74. The standard InChI is InChI=1S/C11H22N2O2/c1-3-13-15-9(2)10-4-6-11(7-5-10)12-8-14/h4,9,11-14H,3,5-8H2,1-2H3. The zero-order valence-corrected chi connectivity index (χ0v) is 9.62. The third-order valence-electron chi connectivity index (χ3n) is 2.75. The monoisotopic (exact) mass is 214 g/mol. The van der Waals surface area contributed by atoms with Gasteiger partial charge in [0.25, 0.3) is 0 Å². The van der Waals surface area contributed by atoms with Gasteiger partial charge in [0.15, 0.2) is 0 Å². The molecule has 0 aromatic rings.